The molecule has 0 aliphatic rings. The van der Waals surface area contributed by atoms with E-state index in [1.807, 2.05) is 18.2 Å². The Morgan fingerprint density at radius 2 is 2.05 bits per heavy atom. The van der Waals surface area contributed by atoms with Crippen LogP contribution >= 0.6 is 11.6 Å². The van der Waals surface area contributed by atoms with Crippen molar-refractivity contribution in [3.8, 4) is 11.8 Å². The van der Waals surface area contributed by atoms with Crippen LogP contribution in [-0.2, 0) is 6.61 Å². The quantitative estimate of drug-likeness (QED) is 0.929. The number of benzene rings is 2. The predicted molar refractivity (Wildman–Crippen MR) is 77.6 cm³/mol. The smallest absolute Gasteiger partial charge is 0.125 e. The van der Waals surface area contributed by atoms with Crippen LogP contribution in [0.5, 0.6) is 5.75 Å². The Bertz CT molecular complexity index is 647. The van der Waals surface area contributed by atoms with Gasteiger partial charge in [0.1, 0.15) is 12.4 Å². The number of ether oxygens (including phenoxy) is 1. The number of nitriles is 1. The highest BCUT2D eigenvalue weighted by Gasteiger charge is 2.11. The van der Waals surface area contributed by atoms with E-state index in [1.54, 1.807) is 31.2 Å². The van der Waals surface area contributed by atoms with E-state index in [9.17, 15) is 5.11 Å². The van der Waals surface area contributed by atoms with E-state index in [0.717, 1.165) is 5.56 Å². The lowest BCUT2D eigenvalue weighted by Crippen LogP contribution is -2.02. The summed E-state index contributed by atoms with van der Waals surface area (Å²) < 4.78 is 5.71. The van der Waals surface area contributed by atoms with Gasteiger partial charge >= 0.3 is 0 Å². The van der Waals surface area contributed by atoms with Crippen molar-refractivity contribution >= 4 is 11.6 Å². The molecular formula is C16H14ClNO2. The first-order valence-corrected chi connectivity index (χ1v) is 6.58. The van der Waals surface area contributed by atoms with Crippen LogP contribution in [0, 0.1) is 11.3 Å². The van der Waals surface area contributed by atoms with Crippen LogP contribution < -0.4 is 4.74 Å². The van der Waals surface area contributed by atoms with Crippen molar-refractivity contribution in [3.63, 3.8) is 0 Å². The molecule has 0 aromatic heterocycles. The lowest BCUT2D eigenvalue weighted by atomic mass is 10.1. The van der Waals surface area contributed by atoms with Gasteiger partial charge in [0, 0.05) is 16.1 Å². The maximum absolute atomic E-state index is 9.74. The summed E-state index contributed by atoms with van der Waals surface area (Å²) in [6.45, 7) is 1.92. The van der Waals surface area contributed by atoms with Crippen LogP contribution in [0.15, 0.2) is 42.5 Å². The molecule has 2 rings (SSSR count). The van der Waals surface area contributed by atoms with Gasteiger partial charge in [-0.05, 0) is 31.2 Å². The van der Waals surface area contributed by atoms with Crippen molar-refractivity contribution in [2.75, 3.05) is 0 Å². The van der Waals surface area contributed by atoms with Crippen LogP contribution in [-0.4, -0.2) is 5.11 Å². The molecule has 4 heteroatoms. The number of nitrogens with zero attached hydrogens (tertiary/aromatic N) is 1. The Morgan fingerprint density at radius 1 is 1.30 bits per heavy atom. The number of rotatable bonds is 4. The Balaban J connectivity index is 2.21. The molecule has 0 aliphatic carbocycles. The second-order valence-corrected chi connectivity index (χ2v) is 4.85. The number of aliphatic hydroxyl groups is 1. The van der Waals surface area contributed by atoms with Crippen molar-refractivity contribution in [1.29, 1.82) is 5.26 Å². The van der Waals surface area contributed by atoms with Crippen molar-refractivity contribution in [1.82, 2.24) is 0 Å². The van der Waals surface area contributed by atoms with Gasteiger partial charge in [0.05, 0.1) is 17.7 Å². The highest BCUT2D eigenvalue weighted by atomic mass is 35.5. The molecule has 0 saturated heterocycles. The van der Waals surface area contributed by atoms with Gasteiger partial charge in [-0.25, -0.2) is 0 Å². The average Bonchev–Trinajstić information content (AvgIpc) is 2.46. The highest BCUT2D eigenvalue weighted by molar-refractivity contribution is 6.30. The van der Waals surface area contributed by atoms with E-state index < -0.39 is 6.10 Å². The molecule has 1 atom stereocenters. The third-order valence-corrected chi connectivity index (χ3v) is 3.18. The van der Waals surface area contributed by atoms with Gasteiger partial charge < -0.3 is 9.84 Å². The predicted octanol–water partition coefficient (Wildman–Crippen LogP) is 3.84. The molecule has 2 aromatic rings. The largest absolute Gasteiger partial charge is 0.488 e. The van der Waals surface area contributed by atoms with Crippen molar-refractivity contribution in [2.45, 2.75) is 19.6 Å². The maximum Gasteiger partial charge on any atom is 0.125 e. The minimum atomic E-state index is -0.671. The summed E-state index contributed by atoms with van der Waals surface area (Å²) in [6.07, 6.45) is -0.671. The molecule has 102 valence electrons. The summed E-state index contributed by atoms with van der Waals surface area (Å²) in [5.74, 6) is 0.567. The molecule has 0 amide bonds. The second kappa shape index (κ2) is 6.42. The molecule has 3 nitrogen and oxygen atoms in total. The summed E-state index contributed by atoms with van der Waals surface area (Å²) in [4.78, 5) is 0. The van der Waals surface area contributed by atoms with E-state index >= 15 is 0 Å². The summed E-state index contributed by atoms with van der Waals surface area (Å²) in [5.41, 5.74) is 2.02. The van der Waals surface area contributed by atoms with Crippen molar-refractivity contribution < 1.29 is 9.84 Å². The number of hydrogen-bond donors (Lipinski definition) is 1. The zero-order chi connectivity index (χ0) is 14.5. The van der Waals surface area contributed by atoms with Crippen LogP contribution in [0.25, 0.3) is 0 Å². The van der Waals surface area contributed by atoms with Gasteiger partial charge in [0.15, 0.2) is 0 Å². The third kappa shape index (κ3) is 3.30. The molecule has 0 heterocycles. The lowest BCUT2D eigenvalue weighted by Gasteiger charge is -2.14. The molecule has 1 N–H and O–H groups in total. The Kier molecular flexibility index (Phi) is 4.62. The van der Waals surface area contributed by atoms with E-state index in [-0.39, 0.29) is 6.61 Å². The first kappa shape index (κ1) is 14.4. The standard InChI is InChI=1S/C16H14ClNO2/c1-11(19)15-8-14(17)6-7-16(15)20-10-13-5-3-2-4-12(13)9-18/h2-8,11,19H,10H2,1H3. The van der Waals surface area contributed by atoms with Crippen LogP contribution in [0.2, 0.25) is 5.02 Å². The topological polar surface area (TPSA) is 53.2 Å². The van der Waals surface area contributed by atoms with Gasteiger partial charge in [0.2, 0.25) is 0 Å². The Morgan fingerprint density at radius 3 is 2.75 bits per heavy atom. The minimum Gasteiger partial charge on any atom is -0.488 e. The third-order valence-electron chi connectivity index (χ3n) is 2.94. The zero-order valence-electron chi connectivity index (χ0n) is 11.0. The highest BCUT2D eigenvalue weighted by Crippen LogP contribution is 2.29. The summed E-state index contributed by atoms with van der Waals surface area (Å²) >= 11 is 5.92. The molecule has 0 radical (unpaired) electrons. The number of halogens is 1. The molecule has 1 unspecified atom stereocenters. The number of aliphatic hydroxyl groups excluding tert-OH is 1. The van der Waals surface area contributed by atoms with Gasteiger partial charge in [-0.1, -0.05) is 29.8 Å². The molecule has 0 spiro atoms. The second-order valence-electron chi connectivity index (χ2n) is 4.42. The molecule has 0 fully saturated rings. The van der Waals surface area contributed by atoms with E-state index in [2.05, 4.69) is 6.07 Å². The van der Waals surface area contributed by atoms with Crippen LogP contribution in [0.4, 0.5) is 0 Å². The summed E-state index contributed by atoms with van der Waals surface area (Å²) in [6, 6.07) is 14.5. The summed E-state index contributed by atoms with van der Waals surface area (Å²) in [7, 11) is 0. The molecule has 20 heavy (non-hydrogen) atoms. The molecule has 2 aromatic carbocycles. The average molecular weight is 288 g/mol. The fourth-order valence-electron chi connectivity index (χ4n) is 1.89. The van der Waals surface area contributed by atoms with Gasteiger partial charge in [0.25, 0.3) is 0 Å². The molecule has 0 aliphatic heterocycles. The van der Waals surface area contributed by atoms with Gasteiger partial charge in [-0.2, -0.15) is 5.26 Å². The summed E-state index contributed by atoms with van der Waals surface area (Å²) in [5, 5.41) is 19.3. The van der Waals surface area contributed by atoms with E-state index in [1.165, 1.54) is 0 Å². The number of hydrogen-bond acceptors (Lipinski definition) is 3. The van der Waals surface area contributed by atoms with E-state index in [4.69, 9.17) is 21.6 Å². The molecular weight excluding hydrogens is 274 g/mol. The van der Waals surface area contributed by atoms with Gasteiger partial charge in [-0.15, -0.1) is 0 Å². The van der Waals surface area contributed by atoms with Crippen LogP contribution in [0.1, 0.15) is 29.7 Å². The van der Waals surface area contributed by atoms with Crippen molar-refractivity contribution in [3.05, 3.63) is 64.2 Å². The maximum atomic E-state index is 9.74. The first-order valence-electron chi connectivity index (χ1n) is 6.20. The normalized spacial score (nSPS) is 11.7. The SMILES string of the molecule is CC(O)c1cc(Cl)ccc1OCc1ccccc1C#N. The minimum absolute atomic E-state index is 0.269. The first-order chi connectivity index (χ1) is 9.61. The molecule has 0 saturated carbocycles. The molecule has 0 bridgehead atoms. The fourth-order valence-corrected chi connectivity index (χ4v) is 2.07. The van der Waals surface area contributed by atoms with Crippen molar-refractivity contribution in [2.24, 2.45) is 0 Å². The lowest BCUT2D eigenvalue weighted by molar-refractivity contribution is 0.190. The Hall–Kier alpha value is -2.02. The van der Waals surface area contributed by atoms with E-state index in [0.29, 0.717) is 21.9 Å². The Labute approximate surface area is 123 Å². The van der Waals surface area contributed by atoms with Crippen LogP contribution in [0.3, 0.4) is 0 Å². The van der Waals surface area contributed by atoms with Gasteiger partial charge in [-0.3, -0.25) is 0 Å². The fraction of sp³-hybridized carbons (Fsp3) is 0.188. The monoisotopic (exact) mass is 287 g/mol. The zero-order valence-corrected chi connectivity index (χ0v) is 11.8.